The maximum absolute atomic E-state index is 7.14. The Bertz CT molecular complexity index is 3260. The molecule has 0 radical (unpaired) electrons. The highest BCUT2D eigenvalue weighted by Gasteiger charge is 2.78. The summed E-state index contributed by atoms with van der Waals surface area (Å²) >= 11 is 0. The molecule has 2 aromatic heterocycles. The summed E-state index contributed by atoms with van der Waals surface area (Å²) in [5, 5.41) is 2.36. The average Bonchev–Trinajstić information content (AvgIpc) is 3.78. The Morgan fingerprint density at radius 3 is 1.79 bits per heavy atom. The Labute approximate surface area is 406 Å². The second kappa shape index (κ2) is 15.8. The first-order chi connectivity index (χ1) is 32.0. The molecule has 0 saturated carbocycles. The number of rotatable bonds is 9. The van der Waals surface area contributed by atoms with E-state index in [4.69, 9.17) is 9.72 Å². The third kappa shape index (κ3) is 7.22. The molecule has 68 heavy (non-hydrogen) atoms. The summed E-state index contributed by atoms with van der Waals surface area (Å²) in [6.07, 6.45) is 1.94. The van der Waals surface area contributed by atoms with Crippen molar-refractivity contribution in [3.63, 3.8) is 0 Å². The highest BCUT2D eigenvalue weighted by molar-refractivity contribution is 6.09. The van der Waals surface area contributed by atoms with Gasteiger partial charge in [-0.2, -0.15) is 9.18 Å². The van der Waals surface area contributed by atoms with E-state index in [2.05, 4.69) is 242 Å². The van der Waals surface area contributed by atoms with Crippen molar-refractivity contribution in [3.8, 4) is 28.4 Å². The van der Waals surface area contributed by atoms with Gasteiger partial charge >= 0.3 is 0 Å². The molecule has 1 fully saturated rings. The fourth-order valence-corrected chi connectivity index (χ4v) is 10.8. The molecule has 10 rings (SSSR count). The first kappa shape index (κ1) is 45.8. The van der Waals surface area contributed by atoms with Gasteiger partial charge in [-0.1, -0.05) is 146 Å². The molecule has 348 valence electrons. The first-order valence-electron chi connectivity index (χ1n) is 25.0. The standard InChI is InChI=1S/C63H71N4O/c1-39(2)43-29-53(40(3)4)60(54(30-43)41(5)6)42-23-26-57-58(31-42)67(38-66(57,67)47-20-18-19-44(32-47)61(7,8)9)48-33-46(63(13,14)15)34-50(36-48)68-49-24-25-52-51-21-16-17-22-55(51)65(56(52)37-49)59-35-45(27-28-64-59)62(10,11)12/h16-41H,1-15H3/q+1/t66-,67?/m0/s1. The lowest BCUT2D eigenvalue weighted by molar-refractivity contribution is 0.421. The Morgan fingerprint density at radius 2 is 1.13 bits per heavy atom. The zero-order valence-corrected chi connectivity index (χ0v) is 43.2. The Morgan fingerprint density at radius 1 is 0.500 bits per heavy atom. The van der Waals surface area contributed by atoms with E-state index in [9.17, 15) is 0 Å². The van der Waals surface area contributed by atoms with E-state index in [0.29, 0.717) is 26.9 Å². The number of quaternary nitrogens is 2. The second-order valence-electron chi connectivity index (χ2n) is 23.8. The normalized spacial score (nSPS) is 18.1. The minimum Gasteiger partial charge on any atom is -0.457 e. The summed E-state index contributed by atoms with van der Waals surface area (Å²) in [5.41, 5.74) is 17.9. The summed E-state index contributed by atoms with van der Waals surface area (Å²) in [5.74, 6) is 3.74. The zero-order chi connectivity index (χ0) is 48.5. The van der Waals surface area contributed by atoms with Crippen LogP contribution in [0.25, 0.3) is 38.8 Å². The van der Waals surface area contributed by atoms with Gasteiger partial charge in [-0.05, 0) is 121 Å². The second-order valence-corrected chi connectivity index (χ2v) is 23.8. The lowest BCUT2D eigenvalue weighted by Gasteiger charge is -2.41. The number of fused-ring (bicyclic) bond motifs is 7. The zero-order valence-electron chi connectivity index (χ0n) is 43.2. The number of benzene rings is 6. The molecule has 0 aliphatic carbocycles. The van der Waals surface area contributed by atoms with Gasteiger partial charge in [-0.25, -0.2) is 4.98 Å². The fourth-order valence-electron chi connectivity index (χ4n) is 10.8. The molecule has 0 N–H and O–H groups in total. The van der Waals surface area contributed by atoms with Crippen LogP contribution in [-0.2, 0) is 16.2 Å². The minimum atomic E-state index is -0.142. The molecule has 8 aromatic rings. The summed E-state index contributed by atoms with van der Waals surface area (Å²) in [6.45, 7) is 37.2. The van der Waals surface area contributed by atoms with E-state index in [1.54, 1.807) is 0 Å². The van der Waals surface area contributed by atoms with Crippen LogP contribution in [-0.4, -0.2) is 9.55 Å². The van der Waals surface area contributed by atoms with Crippen LogP contribution in [0.3, 0.4) is 0 Å². The summed E-state index contributed by atoms with van der Waals surface area (Å²) in [7, 11) is 0. The van der Waals surface area contributed by atoms with Gasteiger partial charge < -0.3 is 4.74 Å². The molecule has 0 spiro atoms. The quantitative estimate of drug-likeness (QED) is 0.0820. The summed E-state index contributed by atoms with van der Waals surface area (Å²) in [6, 6.07) is 48.2. The third-order valence-corrected chi connectivity index (χ3v) is 14.9. The Balaban J connectivity index is 1.16. The van der Waals surface area contributed by atoms with E-state index in [1.807, 2.05) is 6.20 Å². The van der Waals surface area contributed by atoms with Crippen molar-refractivity contribution in [3.05, 3.63) is 174 Å². The smallest absolute Gasteiger partial charge is 0.226 e. The Hall–Kier alpha value is -6.01. The molecule has 5 nitrogen and oxygen atoms in total. The Kier molecular flexibility index (Phi) is 10.6. The van der Waals surface area contributed by atoms with Crippen LogP contribution in [0, 0.1) is 6.67 Å². The van der Waals surface area contributed by atoms with Crippen molar-refractivity contribution >= 4 is 44.6 Å². The largest absolute Gasteiger partial charge is 0.457 e. The molecule has 4 heterocycles. The molecule has 1 saturated heterocycles. The van der Waals surface area contributed by atoms with Gasteiger partial charge in [0.25, 0.3) is 0 Å². The van der Waals surface area contributed by atoms with E-state index in [1.165, 1.54) is 78.0 Å². The fraction of sp³-hybridized carbons (Fsp3) is 0.333. The maximum atomic E-state index is 7.14. The van der Waals surface area contributed by atoms with Gasteiger partial charge in [0.15, 0.2) is 18.0 Å². The van der Waals surface area contributed by atoms with Crippen molar-refractivity contribution in [1.29, 1.82) is 0 Å². The number of hydrogen-bond donors (Lipinski definition) is 0. The van der Waals surface area contributed by atoms with E-state index in [-0.39, 0.29) is 16.2 Å². The summed E-state index contributed by atoms with van der Waals surface area (Å²) < 4.78 is 10.6. The topological polar surface area (TPSA) is 27.1 Å². The van der Waals surface area contributed by atoms with Crippen LogP contribution >= 0.6 is 0 Å². The van der Waals surface area contributed by atoms with Crippen LogP contribution in [0.15, 0.2) is 134 Å². The molecule has 0 amide bonds. The summed E-state index contributed by atoms with van der Waals surface area (Å²) in [4.78, 5) is 4.95. The van der Waals surface area contributed by atoms with Gasteiger partial charge in [0.1, 0.15) is 17.3 Å². The van der Waals surface area contributed by atoms with Crippen LogP contribution in [0.1, 0.15) is 155 Å². The maximum Gasteiger partial charge on any atom is 0.226 e. The molecule has 2 atom stereocenters. The predicted octanol–water partition coefficient (Wildman–Crippen LogP) is 18.2. The molecule has 5 heteroatoms. The minimum absolute atomic E-state index is 0.00558. The van der Waals surface area contributed by atoms with Gasteiger partial charge in [-0.15, -0.1) is 0 Å². The van der Waals surface area contributed by atoms with Crippen LogP contribution in [0.2, 0.25) is 0 Å². The lowest BCUT2D eigenvalue weighted by Crippen LogP contribution is -2.46. The van der Waals surface area contributed by atoms with Crippen LogP contribution in [0.4, 0.5) is 22.7 Å². The number of para-hydroxylation sites is 1. The predicted molar refractivity (Wildman–Crippen MR) is 289 cm³/mol. The molecule has 1 unspecified atom stereocenters. The van der Waals surface area contributed by atoms with Gasteiger partial charge in [0.05, 0.1) is 11.0 Å². The van der Waals surface area contributed by atoms with Crippen molar-refractivity contribution < 1.29 is 4.74 Å². The van der Waals surface area contributed by atoms with Crippen molar-refractivity contribution in [2.45, 2.75) is 138 Å². The van der Waals surface area contributed by atoms with Gasteiger partial charge in [0, 0.05) is 59.4 Å². The number of hydrogen-bond acceptors (Lipinski definition) is 2. The first-order valence-corrected chi connectivity index (χ1v) is 25.0. The lowest BCUT2D eigenvalue weighted by atomic mass is 9.81. The van der Waals surface area contributed by atoms with Crippen LogP contribution < -0.4 is 13.9 Å². The number of ether oxygens (including phenoxy) is 1. The van der Waals surface area contributed by atoms with E-state index < -0.39 is 0 Å². The highest BCUT2D eigenvalue weighted by Crippen LogP contribution is 2.76. The molecule has 6 aromatic carbocycles. The number of pyridine rings is 1. The van der Waals surface area contributed by atoms with Crippen molar-refractivity contribution in [1.82, 2.24) is 18.7 Å². The monoisotopic (exact) mass is 900 g/mol. The van der Waals surface area contributed by atoms with E-state index in [0.717, 1.165) is 28.4 Å². The van der Waals surface area contributed by atoms with Gasteiger partial charge in [-0.3, -0.25) is 4.57 Å². The molecule has 0 bridgehead atoms. The van der Waals surface area contributed by atoms with Crippen molar-refractivity contribution in [2.24, 2.45) is 0 Å². The molecular weight excluding hydrogens is 829 g/mol. The van der Waals surface area contributed by atoms with E-state index >= 15 is 0 Å². The molecule has 2 aliphatic rings. The SMILES string of the molecule is CC(C)c1cc(C(C)C)c(-c2ccc3c(c2)[N+]2(c4cc(Oc5ccc6c7ccccc7n(-c7cc(C(C)(C)C)ccn7)c6c5)cc(C(C)(C)C)c4)[CH-][N@+]32c2cccc(C(C)(C)C)c2)c(C(C)C)c1. The molecule has 2 aliphatic heterocycles. The number of nitrogens with zero attached hydrogens (tertiary/aromatic N) is 4. The highest BCUT2D eigenvalue weighted by atomic mass is 16.5. The number of aromatic nitrogens is 2. The molecular formula is C63H71N4O+. The van der Waals surface area contributed by atoms with Gasteiger partial charge in [0.2, 0.25) is 11.4 Å². The van der Waals surface area contributed by atoms with Crippen molar-refractivity contribution in [2.75, 3.05) is 0 Å². The van der Waals surface area contributed by atoms with Crippen LogP contribution in [0.5, 0.6) is 11.5 Å². The third-order valence-electron chi connectivity index (χ3n) is 14.9. The average molecular weight is 900 g/mol.